The predicted octanol–water partition coefficient (Wildman–Crippen LogP) is 4.35. The van der Waals surface area contributed by atoms with E-state index in [-0.39, 0.29) is 22.3 Å². The topological polar surface area (TPSA) is 54.9 Å². The Labute approximate surface area is 150 Å². The fraction of sp³-hybridized carbons (Fsp3) is 0.444. The molecule has 1 aromatic heterocycles. The first kappa shape index (κ1) is 17.3. The maximum Gasteiger partial charge on any atom is 0.277 e. The molecule has 1 heterocycles. The minimum atomic E-state index is -0.389. The first-order valence-electron chi connectivity index (χ1n) is 8.12. The molecule has 0 unspecified atom stereocenters. The fourth-order valence-electron chi connectivity index (χ4n) is 3.56. The van der Waals surface area contributed by atoms with Gasteiger partial charge in [-0.15, -0.1) is 0 Å². The average Bonchev–Trinajstić information content (AvgIpc) is 2.90. The number of nitrogens with one attached hydrogen (secondary N) is 1. The van der Waals surface area contributed by atoms with Crippen molar-refractivity contribution in [2.45, 2.75) is 52.0 Å². The number of aromatic amines is 1. The number of H-pyrrole nitrogens is 1. The van der Waals surface area contributed by atoms with Crippen LogP contribution in [0.1, 0.15) is 60.7 Å². The van der Waals surface area contributed by atoms with Gasteiger partial charge >= 0.3 is 0 Å². The minimum Gasteiger partial charge on any atom is -0.302 e. The van der Waals surface area contributed by atoms with E-state index in [4.69, 9.17) is 23.2 Å². The molecule has 0 atom stereocenters. The van der Waals surface area contributed by atoms with Gasteiger partial charge in [0.2, 0.25) is 5.78 Å². The third-order valence-electron chi connectivity index (χ3n) is 4.87. The number of carbonyl (C=O) groups is 1. The van der Waals surface area contributed by atoms with Crippen molar-refractivity contribution in [3.63, 3.8) is 0 Å². The molecule has 6 heteroatoms. The molecule has 24 heavy (non-hydrogen) atoms. The van der Waals surface area contributed by atoms with Crippen molar-refractivity contribution in [3.05, 3.63) is 54.9 Å². The van der Waals surface area contributed by atoms with Crippen LogP contribution >= 0.6 is 23.2 Å². The smallest absolute Gasteiger partial charge is 0.277 e. The molecule has 0 aliphatic heterocycles. The van der Waals surface area contributed by atoms with Crippen LogP contribution in [0.5, 0.6) is 0 Å². The van der Waals surface area contributed by atoms with Gasteiger partial charge in [0.05, 0.1) is 5.02 Å². The lowest BCUT2D eigenvalue weighted by Gasteiger charge is -2.34. The van der Waals surface area contributed by atoms with E-state index in [9.17, 15) is 9.59 Å². The summed E-state index contributed by atoms with van der Waals surface area (Å²) >= 11 is 13.1. The lowest BCUT2D eigenvalue weighted by Crippen LogP contribution is -2.26. The standard InChI is InChI=1S/C18H20Cl2N2O2/c1-4-22-17(24)12(9-21-22)16(23)11-8-13(19)10-6-5-7-18(2,3)14(10)15(11)20/h8-9,21H,4-7H2,1-3H3. The molecule has 0 saturated carbocycles. The van der Waals surface area contributed by atoms with Gasteiger partial charge in [-0.3, -0.25) is 14.3 Å². The van der Waals surface area contributed by atoms with Crippen LogP contribution in [-0.4, -0.2) is 15.6 Å². The summed E-state index contributed by atoms with van der Waals surface area (Å²) in [7, 11) is 0. The minimum absolute atomic E-state index is 0.0865. The van der Waals surface area contributed by atoms with Crippen LogP contribution in [0.25, 0.3) is 0 Å². The quantitative estimate of drug-likeness (QED) is 0.820. The molecule has 1 aromatic carbocycles. The second-order valence-electron chi connectivity index (χ2n) is 6.88. The molecule has 4 nitrogen and oxygen atoms in total. The Balaban J connectivity index is 2.19. The summed E-state index contributed by atoms with van der Waals surface area (Å²) in [6.07, 6.45) is 4.32. The third-order valence-corrected chi connectivity index (χ3v) is 5.60. The monoisotopic (exact) mass is 366 g/mol. The number of halogens is 2. The zero-order valence-electron chi connectivity index (χ0n) is 14.0. The van der Waals surface area contributed by atoms with E-state index in [1.54, 1.807) is 6.07 Å². The molecule has 128 valence electrons. The summed E-state index contributed by atoms with van der Waals surface area (Å²) in [6.45, 7) is 6.53. The SMILES string of the molecule is CCn1[nH]cc(C(=O)c2cc(Cl)c3c(c2Cl)C(C)(C)CCC3)c1=O. The summed E-state index contributed by atoms with van der Waals surface area (Å²) in [4.78, 5) is 25.2. The molecule has 0 amide bonds. The molecule has 0 saturated heterocycles. The highest BCUT2D eigenvalue weighted by atomic mass is 35.5. The number of rotatable bonds is 3. The molecule has 1 N–H and O–H groups in total. The number of nitrogens with zero attached hydrogens (tertiary/aromatic N) is 1. The Morgan fingerprint density at radius 3 is 2.67 bits per heavy atom. The van der Waals surface area contributed by atoms with E-state index < -0.39 is 0 Å². The van der Waals surface area contributed by atoms with Gasteiger partial charge in [0.15, 0.2) is 0 Å². The Morgan fingerprint density at radius 1 is 1.33 bits per heavy atom. The number of carbonyl (C=O) groups excluding carboxylic acids is 1. The van der Waals surface area contributed by atoms with Crippen molar-refractivity contribution in [1.82, 2.24) is 9.78 Å². The molecule has 0 bridgehead atoms. The highest BCUT2D eigenvalue weighted by Gasteiger charge is 2.34. The third kappa shape index (κ3) is 2.62. The number of fused-ring (bicyclic) bond motifs is 1. The van der Waals surface area contributed by atoms with Crippen LogP contribution in [0.4, 0.5) is 0 Å². The van der Waals surface area contributed by atoms with E-state index in [1.807, 2.05) is 6.92 Å². The lowest BCUT2D eigenvalue weighted by atomic mass is 9.72. The number of hydrogen-bond donors (Lipinski definition) is 1. The van der Waals surface area contributed by atoms with E-state index in [0.717, 1.165) is 30.4 Å². The van der Waals surface area contributed by atoms with Gasteiger partial charge in [-0.05, 0) is 48.8 Å². The van der Waals surface area contributed by atoms with Crippen molar-refractivity contribution < 1.29 is 4.79 Å². The van der Waals surface area contributed by atoms with Crippen molar-refractivity contribution >= 4 is 29.0 Å². The van der Waals surface area contributed by atoms with Crippen LogP contribution in [0.2, 0.25) is 10.0 Å². The zero-order chi connectivity index (χ0) is 17.6. The van der Waals surface area contributed by atoms with E-state index >= 15 is 0 Å². The van der Waals surface area contributed by atoms with Crippen molar-refractivity contribution in [3.8, 4) is 0 Å². The predicted molar refractivity (Wildman–Crippen MR) is 96.6 cm³/mol. The number of hydrogen-bond acceptors (Lipinski definition) is 2. The molecule has 0 radical (unpaired) electrons. The van der Waals surface area contributed by atoms with Crippen LogP contribution < -0.4 is 5.56 Å². The van der Waals surface area contributed by atoms with Crippen molar-refractivity contribution in [2.75, 3.05) is 0 Å². The van der Waals surface area contributed by atoms with Gasteiger partial charge in [0.1, 0.15) is 5.56 Å². The van der Waals surface area contributed by atoms with Crippen LogP contribution in [0.15, 0.2) is 17.1 Å². The van der Waals surface area contributed by atoms with Crippen molar-refractivity contribution in [2.24, 2.45) is 0 Å². The van der Waals surface area contributed by atoms with Gasteiger partial charge in [0.25, 0.3) is 5.56 Å². The summed E-state index contributed by atoms with van der Waals surface area (Å²) in [5.74, 6) is -0.389. The van der Waals surface area contributed by atoms with Gasteiger partial charge in [-0.1, -0.05) is 37.0 Å². The molecule has 1 aliphatic rings. The number of benzene rings is 1. The maximum absolute atomic E-state index is 12.9. The molecule has 2 aromatic rings. The molecular formula is C18H20Cl2N2O2. The van der Waals surface area contributed by atoms with E-state index in [2.05, 4.69) is 18.9 Å². The Morgan fingerprint density at radius 2 is 2.04 bits per heavy atom. The van der Waals surface area contributed by atoms with Gasteiger partial charge in [-0.2, -0.15) is 0 Å². The molecule has 3 rings (SSSR count). The van der Waals surface area contributed by atoms with Crippen molar-refractivity contribution in [1.29, 1.82) is 0 Å². The van der Waals surface area contributed by atoms with E-state index in [0.29, 0.717) is 22.2 Å². The summed E-state index contributed by atoms with van der Waals surface area (Å²) < 4.78 is 1.38. The second kappa shape index (κ2) is 6.08. The van der Waals surface area contributed by atoms with Crippen LogP contribution in [0, 0.1) is 0 Å². The molecule has 1 aliphatic carbocycles. The summed E-state index contributed by atoms with van der Waals surface area (Å²) in [5, 5.41) is 3.77. The maximum atomic E-state index is 12.9. The molecule has 0 spiro atoms. The highest BCUT2D eigenvalue weighted by molar-refractivity contribution is 6.38. The number of aromatic nitrogens is 2. The van der Waals surface area contributed by atoms with Gasteiger partial charge in [-0.25, -0.2) is 0 Å². The number of ketones is 1. The Kier molecular flexibility index (Phi) is 4.39. The largest absolute Gasteiger partial charge is 0.302 e. The van der Waals surface area contributed by atoms with E-state index in [1.165, 1.54) is 10.9 Å². The normalized spacial score (nSPS) is 16.0. The molecule has 0 fully saturated rings. The zero-order valence-corrected chi connectivity index (χ0v) is 15.5. The Bertz CT molecular complexity index is 878. The van der Waals surface area contributed by atoms with Crippen LogP contribution in [-0.2, 0) is 18.4 Å². The first-order valence-corrected chi connectivity index (χ1v) is 8.87. The van der Waals surface area contributed by atoms with Gasteiger partial charge < -0.3 is 5.10 Å². The Hall–Kier alpha value is -1.52. The lowest BCUT2D eigenvalue weighted by molar-refractivity contribution is 0.103. The summed E-state index contributed by atoms with van der Waals surface area (Å²) in [6, 6.07) is 1.61. The number of aryl methyl sites for hydroxylation is 1. The highest BCUT2D eigenvalue weighted by Crippen LogP contribution is 2.45. The fourth-order valence-corrected chi connectivity index (χ4v) is 4.37. The molecular weight excluding hydrogens is 347 g/mol. The average molecular weight is 367 g/mol. The second-order valence-corrected chi connectivity index (χ2v) is 7.66. The first-order chi connectivity index (χ1) is 11.3. The van der Waals surface area contributed by atoms with Crippen LogP contribution in [0.3, 0.4) is 0 Å². The summed E-state index contributed by atoms with van der Waals surface area (Å²) in [5.41, 5.74) is 1.86. The van der Waals surface area contributed by atoms with Gasteiger partial charge in [0, 0.05) is 23.3 Å².